The van der Waals surface area contributed by atoms with Gasteiger partial charge in [-0.2, -0.15) is 0 Å². The predicted octanol–water partition coefficient (Wildman–Crippen LogP) is -0.756. The standard InChI is InChI=1S/C11H20N2O4/c1-16-5-3-13(4-6-17-2)11(15)9-7-10(14)12-8-9/h9H,3-8H2,1-2H3,(H,12,14). The van der Waals surface area contributed by atoms with E-state index in [0.717, 1.165) is 0 Å². The van der Waals surface area contributed by atoms with Crippen LogP contribution < -0.4 is 5.32 Å². The van der Waals surface area contributed by atoms with Gasteiger partial charge in [-0.15, -0.1) is 0 Å². The lowest BCUT2D eigenvalue weighted by atomic mass is 10.1. The molecule has 0 radical (unpaired) electrons. The Labute approximate surface area is 101 Å². The predicted molar refractivity (Wildman–Crippen MR) is 61.4 cm³/mol. The van der Waals surface area contributed by atoms with Crippen LogP contribution in [0.15, 0.2) is 0 Å². The molecule has 2 amide bonds. The number of rotatable bonds is 7. The summed E-state index contributed by atoms with van der Waals surface area (Å²) < 4.78 is 9.94. The van der Waals surface area contributed by atoms with Gasteiger partial charge >= 0.3 is 0 Å². The van der Waals surface area contributed by atoms with Crippen molar-refractivity contribution in [1.29, 1.82) is 0 Å². The summed E-state index contributed by atoms with van der Waals surface area (Å²) >= 11 is 0. The van der Waals surface area contributed by atoms with Crippen LogP contribution in [0, 0.1) is 5.92 Å². The Bertz CT molecular complexity index is 262. The van der Waals surface area contributed by atoms with E-state index >= 15 is 0 Å². The number of methoxy groups -OCH3 is 2. The zero-order valence-corrected chi connectivity index (χ0v) is 10.4. The second-order valence-corrected chi connectivity index (χ2v) is 4.02. The molecule has 6 nitrogen and oxygen atoms in total. The van der Waals surface area contributed by atoms with Crippen molar-refractivity contribution in [3.8, 4) is 0 Å². The average molecular weight is 244 g/mol. The van der Waals surface area contributed by atoms with Gasteiger partial charge in [-0.1, -0.05) is 0 Å². The molecular weight excluding hydrogens is 224 g/mol. The zero-order valence-electron chi connectivity index (χ0n) is 10.4. The summed E-state index contributed by atoms with van der Waals surface area (Å²) in [5, 5.41) is 2.67. The van der Waals surface area contributed by atoms with Crippen molar-refractivity contribution >= 4 is 11.8 Å². The number of nitrogens with one attached hydrogen (secondary N) is 1. The molecule has 0 spiro atoms. The molecule has 1 aliphatic rings. The molecule has 17 heavy (non-hydrogen) atoms. The normalized spacial score (nSPS) is 19.2. The van der Waals surface area contributed by atoms with Gasteiger partial charge in [0, 0.05) is 40.3 Å². The van der Waals surface area contributed by atoms with E-state index in [9.17, 15) is 9.59 Å². The molecule has 1 fully saturated rings. The van der Waals surface area contributed by atoms with Gasteiger partial charge in [0.15, 0.2) is 0 Å². The Morgan fingerprint density at radius 1 is 1.35 bits per heavy atom. The smallest absolute Gasteiger partial charge is 0.228 e. The van der Waals surface area contributed by atoms with Crippen molar-refractivity contribution in [2.75, 3.05) is 47.1 Å². The molecule has 1 aliphatic heterocycles. The Morgan fingerprint density at radius 2 is 1.94 bits per heavy atom. The van der Waals surface area contributed by atoms with E-state index in [-0.39, 0.29) is 24.2 Å². The number of hydrogen-bond acceptors (Lipinski definition) is 4. The van der Waals surface area contributed by atoms with Gasteiger partial charge in [0.05, 0.1) is 19.1 Å². The number of carbonyl (C=O) groups excluding carboxylic acids is 2. The second kappa shape index (κ2) is 7.24. The van der Waals surface area contributed by atoms with Crippen molar-refractivity contribution in [1.82, 2.24) is 10.2 Å². The highest BCUT2D eigenvalue weighted by molar-refractivity contribution is 5.89. The molecule has 0 aromatic rings. The van der Waals surface area contributed by atoms with Gasteiger partial charge in [-0.05, 0) is 0 Å². The highest BCUT2D eigenvalue weighted by Crippen LogP contribution is 2.12. The van der Waals surface area contributed by atoms with Crippen molar-refractivity contribution in [3.63, 3.8) is 0 Å². The first-order valence-electron chi connectivity index (χ1n) is 5.72. The third-order valence-corrected chi connectivity index (χ3v) is 2.77. The Hall–Kier alpha value is -1.14. The number of hydrogen-bond donors (Lipinski definition) is 1. The SMILES string of the molecule is COCCN(CCOC)C(=O)C1CNC(=O)C1. The highest BCUT2D eigenvalue weighted by atomic mass is 16.5. The fourth-order valence-corrected chi connectivity index (χ4v) is 1.77. The van der Waals surface area contributed by atoms with Crippen LogP contribution in [0.2, 0.25) is 0 Å². The number of ether oxygens (including phenoxy) is 2. The molecule has 0 bridgehead atoms. The van der Waals surface area contributed by atoms with Crippen LogP contribution in [0.3, 0.4) is 0 Å². The minimum absolute atomic E-state index is 0.00236. The molecule has 0 saturated carbocycles. The number of amides is 2. The monoisotopic (exact) mass is 244 g/mol. The van der Waals surface area contributed by atoms with Crippen LogP contribution in [-0.4, -0.2) is 63.8 Å². The van der Waals surface area contributed by atoms with Gasteiger partial charge in [0.1, 0.15) is 0 Å². The lowest BCUT2D eigenvalue weighted by Crippen LogP contribution is -2.41. The zero-order chi connectivity index (χ0) is 12.7. The Morgan fingerprint density at radius 3 is 2.35 bits per heavy atom. The van der Waals surface area contributed by atoms with E-state index in [0.29, 0.717) is 32.8 Å². The minimum atomic E-state index is -0.240. The molecule has 1 heterocycles. The van der Waals surface area contributed by atoms with Gasteiger partial charge in [-0.3, -0.25) is 9.59 Å². The van der Waals surface area contributed by atoms with Gasteiger partial charge < -0.3 is 19.7 Å². The summed E-state index contributed by atoms with van der Waals surface area (Å²) in [6.45, 7) is 2.48. The van der Waals surface area contributed by atoms with Gasteiger partial charge in [0.2, 0.25) is 11.8 Å². The summed E-state index contributed by atoms with van der Waals surface area (Å²) in [6.07, 6.45) is 0.287. The third-order valence-electron chi connectivity index (χ3n) is 2.77. The van der Waals surface area contributed by atoms with Gasteiger partial charge in [0.25, 0.3) is 0 Å². The van der Waals surface area contributed by atoms with Crippen molar-refractivity contribution in [2.45, 2.75) is 6.42 Å². The molecule has 0 aromatic heterocycles. The van der Waals surface area contributed by atoms with E-state index < -0.39 is 0 Å². The molecule has 1 atom stereocenters. The molecule has 1 saturated heterocycles. The second-order valence-electron chi connectivity index (χ2n) is 4.02. The third kappa shape index (κ3) is 4.32. The maximum Gasteiger partial charge on any atom is 0.228 e. The van der Waals surface area contributed by atoms with Crippen LogP contribution >= 0.6 is 0 Å². The van der Waals surface area contributed by atoms with Gasteiger partial charge in [-0.25, -0.2) is 0 Å². The Kier molecular flexibility index (Phi) is 5.93. The first-order valence-corrected chi connectivity index (χ1v) is 5.72. The van der Waals surface area contributed by atoms with E-state index in [4.69, 9.17) is 9.47 Å². The first kappa shape index (κ1) is 13.9. The summed E-state index contributed by atoms with van der Waals surface area (Å²) in [5.41, 5.74) is 0. The van der Waals surface area contributed by atoms with Crippen LogP contribution in [-0.2, 0) is 19.1 Å². The fraction of sp³-hybridized carbons (Fsp3) is 0.818. The molecular formula is C11H20N2O4. The lowest BCUT2D eigenvalue weighted by Gasteiger charge is -2.24. The van der Waals surface area contributed by atoms with Crippen molar-refractivity contribution in [3.05, 3.63) is 0 Å². The maximum atomic E-state index is 12.1. The van der Waals surface area contributed by atoms with Crippen LogP contribution in [0.25, 0.3) is 0 Å². The average Bonchev–Trinajstić information content (AvgIpc) is 2.75. The quantitative estimate of drug-likeness (QED) is 0.639. The summed E-state index contributed by atoms with van der Waals surface area (Å²) in [6, 6.07) is 0. The number of carbonyl (C=O) groups is 2. The molecule has 1 rings (SSSR count). The summed E-state index contributed by atoms with van der Waals surface area (Å²) in [4.78, 5) is 24.9. The van der Waals surface area contributed by atoms with Crippen molar-refractivity contribution in [2.24, 2.45) is 5.92 Å². The highest BCUT2D eigenvalue weighted by Gasteiger charge is 2.30. The number of nitrogens with zero attached hydrogens (tertiary/aromatic N) is 1. The van der Waals surface area contributed by atoms with Crippen molar-refractivity contribution < 1.29 is 19.1 Å². The minimum Gasteiger partial charge on any atom is -0.383 e. The van der Waals surface area contributed by atoms with Crippen LogP contribution in [0.1, 0.15) is 6.42 Å². The molecule has 0 aromatic carbocycles. The molecule has 1 N–H and O–H groups in total. The maximum absolute atomic E-state index is 12.1. The van der Waals surface area contributed by atoms with Crippen LogP contribution in [0.5, 0.6) is 0 Å². The van der Waals surface area contributed by atoms with E-state index in [1.807, 2.05) is 0 Å². The van der Waals surface area contributed by atoms with Crippen LogP contribution in [0.4, 0.5) is 0 Å². The van der Waals surface area contributed by atoms with E-state index in [2.05, 4.69) is 5.32 Å². The molecule has 98 valence electrons. The molecule has 1 unspecified atom stereocenters. The molecule has 6 heteroatoms. The summed E-state index contributed by atoms with van der Waals surface area (Å²) in [5.74, 6) is -0.296. The fourth-order valence-electron chi connectivity index (χ4n) is 1.77. The lowest BCUT2D eigenvalue weighted by molar-refractivity contribution is -0.137. The summed E-state index contributed by atoms with van der Waals surface area (Å²) in [7, 11) is 3.19. The van der Waals surface area contributed by atoms with E-state index in [1.165, 1.54) is 0 Å². The molecule has 0 aliphatic carbocycles. The van der Waals surface area contributed by atoms with E-state index in [1.54, 1.807) is 19.1 Å². The topological polar surface area (TPSA) is 67.9 Å². The first-order chi connectivity index (χ1) is 8.19. The Balaban J connectivity index is 2.48. The largest absolute Gasteiger partial charge is 0.383 e.